The maximum Gasteiger partial charge on any atom is 0.402 e. The summed E-state index contributed by atoms with van der Waals surface area (Å²) < 4.78 is 61.5. The minimum Gasteiger partial charge on any atom is -0.342 e. The van der Waals surface area contributed by atoms with Gasteiger partial charge in [0.1, 0.15) is 6.54 Å². The van der Waals surface area contributed by atoms with Gasteiger partial charge in [0, 0.05) is 25.0 Å². The molecule has 2 aliphatic rings. The minimum absolute atomic E-state index is 0.0396. The molecule has 1 saturated heterocycles. The minimum atomic E-state index is -4.57. The van der Waals surface area contributed by atoms with Crippen molar-refractivity contribution in [2.75, 3.05) is 25.9 Å². The summed E-state index contributed by atoms with van der Waals surface area (Å²) in [6.45, 7) is 1.15. The highest BCUT2D eigenvalue weighted by Crippen LogP contribution is 2.39. The van der Waals surface area contributed by atoms with Crippen molar-refractivity contribution in [3.8, 4) is 0 Å². The smallest absolute Gasteiger partial charge is 0.342 e. The fourth-order valence-electron chi connectivity index (χ4n) is 2.97. The van der Waals surface area contributed by atoms with E-state index < -0.39 is 28.8 Å². The van der Waals surface area contributed by atoms with Crippen molar-refractivity contribution < 1.29 is 26.4 Å². The van der Waals surface area contributed by atoms with Crippen molar-refractivity contribution in [1.29, 1.82) is 0 Å². The van der Waals surface area contributed by atoms with Crippen LogP contribution in [0.5, 0.6) is 0 Å². The lowest BCUT2D eigenvalue weighted by Crippen LogP contribution is -2.51. The fourth-order valence-corrected chi connectivity index (χ4v) is 4.10. The number of sulfonamides is 1. The first-order valence-corrected chi connectivity index (χ1v) is 9.16. The number of likely N-dealkylation sites (tertiary alicyclic amines) is 1. The van der Waals surface area contributed by atoms with Crippen LogP contribution in [0, 0.1) is 11.8 Å². The molecule has 0 aromatic rings. The second-order valence-corrected chi connectivity index (χ2v) is 8.23. The number of hydrogen-bond acceptors (Lipinski definition) is 3. The van der Waals surface area contributed by atoms with Crippen LogP contribution in [0.25, 0.3) is 0 Å². The molecule has 0 aromatic carbocycles. The van der Waals surface area contributed by atoms with Gasteiger partial charge in [-0.1, -0.05) is 6.92 Å². The van der Waals surface area contributed by atoms with E-state index in [1.807, 2.05) is 6.92 Å². The third-order valence-corrected chi connectivity index (χ3v) is 5.65. The first-order chi connectivity index (χ1) is 9.99. The van der Waals surface area contributed by atoms with Crippen molar-refractivity contribution in [2.45, 2.75) is 38.4 Å². The summed E-state index contributed by atoms with van der Waals surface area (Å²) in [6.07, 6.45) is -2.42. The lowest BCUT2D eigenvalue weighted by Gasteiger charge is -2.37. The molecule has 1 saturated carbocycles. The van der Waals surface area contributed by atoms with E-state index in [0.29, 0.717) is 23.3 Å². The molecule has 1 heterocycles. The molecule has 0 radical (unpaired) electrons. The van der Waals surface area contributed by atoms with Crippen LogP contribution in [0.1, 0.15) is 26.2 Å². The van der Waals surface area contributed by atoms with E-state index in [2.05, 4.69) is 0 Å². The number of alkyl halides is 3. The van der Waals surface area contributed by atoms with Crippen LogP contribution in [-0.4, -0.2) is 61.6 Å². The number of carbonyl (C=O) groups is 1. The Labute approximate surface area is 128 Å². The average Bonchev–Trinajstić information content (AvgIpc) is 3.10. The molecule has 1 aliphatic heterocycles. The lowest BCUT2D eigenvalue weighted by atomic mass is 10.0. The van der Waals surface area contributed by atoms with E-state index in [1.54, 1.807) is 4.90 Å². The van der Waals surface area contributed by atoms with Gasteiger partial charge in [-0.2, -0.15) is 17.5 Å². The standard InChI is InChI=1S/C13H21F3N2O3S/c1-9-7-11(9)12(19)17-5-3-10(4-6-17)18(22(2,20)21)8-13(14,15)16/h9-11H,3-8H2,1-2H3/t9-,11+/m0/s1. The summed E-state index contributed by atoms with van der Waals surface area (Å²) in [5.41, 5.74) is 0. The first-order valence-electron chi connectivity index (χ1n) is 7.31. The number of nitrogens with zero attached hydrogens (tertiary/aromatic N) is 2. The summed E-state index contributed by atoms with van der Waals surface area (Å²) in [4.78, 5) is 13.7. The highest BCUT2D eigenvalue weighted by Gasteiger charge is 2.44. The van der Waals surface area contributed by atoms with Crippen molar-refractivity contribution in [3.63, 3.8) is 0 Å². The summed E-state index contributed by atoms with van der Waals surface area (Å²) in [5, 5.41) is 0. The maximum absolute atomic E-state index is 12.6. The molecule has 0 aromatic heterocycles. The van der Waals surface area contributed by atoms with Crippen LogP contribution in [0.4, 0.5) is 13.2 Å². The Hall–Kier alpha value is -0.830. The molecule has 128 valence electrons. The van der Waals surface area contributed by atoms with Crippen molar-refractivity contribution >= 4 is 15.9 Å². The number of rotatable bonds is 4. The van der Waals surface area contributed by atoms with E-state index >= 15 is 0 Å². The molecule has 2 rings (SSSR count). The SMILES string of the molecule is C[C@H]1C[C@H]1C(=O)N1CCC(N(CC(F)(F)F)S(C)(=O)=O)CC1. The number of halogens is 3. The number of carbonyl (C=O) groups excluding carboxylic acids is 1. The van der Waals surface area contributed by atoms with Gasteiger partial charge in [0.15, 0.2) is 0 Å². The molecule has 1 aliphatic carbocycles. The molecule has 0 spiro atoms. The van der Waals surface area contributed by atoms with Gasteiger partial charge in [0.05, 0.1) is 6.26 Å². The third kappa shape index (κ3) is 4.34. The van der Waals surface area contributed by atoms with Gasteiger partial charge in [-0.05, 0) is 25.2 Å². The number of hydrogen-bond donors (Lipinski definition) is 0. The van der Waals surface area contributed by atoms with Crippen molar-refractivity contribution in [2.24, 2.45) is 11.8 Å². The quantitative estimate of drug-likeness (QED) is 0.777. The molecule has 22 heavy (non-hydrogen) atoms. The lowest BCUT2D eigenvalue weighted by molar-refractivity contribution is -0.143. The molecule has 2 atom stereocenters. The summed E-state index contributed by atoms with van der Waals surface area (Å²) in [6, 6.07) is -0.697. The molecule has 0 unspecified atom stereocenters. The largest absolute Gasteiger partial charge is 0.402 e. The summed E-state index contributed by atoms with van der Waals surface area (Å²) >= 11 is 0. The number of piperidine rings is 1. The Morgan fingerprint density at radius 3 is 2.14 bits per heavy atom. The van der Waals surface area contributed by atoms with Gasteiger partial charge in [-0.25, -0.2) is 8.42 Å². The van der Waals surface area contributed by atoms with E-state index in [0.717, 1.165) is 12.7 Å². The van der Waals surface area contributed by atoms with Gasteiger partial charge < -0.3 is 4.90 Å². The van der Waals surface area contributed by atoms with Crippen molar-refractivity contribution in [1.82, 2.24) is 9.21 Å². The number of amides is 1. The molecule has 9 heteroatoms. The van der Waals surface area contributed by atoms with Gasteiger partial charge in [-0.15, -0.1) is 0 Å². The first kappa shape index (κ1) is 17.5. The van der Waals surface area contributed by atoms with Gasteiger partial charge in [0.2, 0.25) is 15.9 Å². The van der Waals surface area contributed by atoms with Crippen LogP contribution in [0.3, 0.4) is 0 Å². The Bertz CT molecular complexity index is 527. The maximum atomic E-state index is 12.6. The highest BCUT2D eigenvalue weighted by atomic mass is 32.2. The average molecular weight is 342 g/mol. The van der Waals surface area contributed by atoms with Gasteiger partial charge in [-0.3, -0.25) is 4.79 Å². The highest BCUT2D eigenvalue weighted by molar-refractivity contribution is 7.88. The van der Waals surface area contributed by atoms with Crippen LogP contribution < -0.4 is 0 Å². The Balaban J connectivity index is 1.97. The summed E-state index contributed by atoms with van der Waals surface area (Å²) in [7, 11) is -3.94. The predicted octanol–water partition coefficient (Wildman–Crippen LogP) is 1.46. The zero-order chi connectivity index (χ0) is 16.7. The zero-order valence-electron chi connectivity index (χ0n) is 12.6. The third-order valence-electron chi connectivity index (χ3n) is 4.37. The zero-order valence-corrected chi connectivity index (χ0v) is 13.5. The Morgan fingerprint density at radius 2 is 1.77 bits per heavy atom. The van der Waals surface area contributed by atoms with Crippen molar-refractivity contribution in [3.05, 3.63) is 0 Å². The molecular formula is C13H21F3N2O3S. The van der Waals surface area contributed by atoms with Crippen LogP contribution >= 0.6 is 0 Å². The van der Waals surface area contributed by atoms with Crippen LogP contribution in [0.15, 0.2) is 0 Å². The monoisotopic (exact) mass is 342 g/mol. The normalized spacial score (nSPS) is 27.3. The topological polar surface area (TPSA) is 57.7 Å². The van der Waals surface area contributed by atoms with E-state index in [4.69, 9.17) is 0 Å². The van der Waals surface area contributed by atoms with Crippen LogP contribution in [-0.2, 0) is 14.8 Å². The van der Waals surface area contributed by atoms with E-state index in [-0.39, 0.29) is 24.7 Å². The second kappa shape index (κ2) is 5.99. The second-order valence-electron chi connectivity index (χ2n) is 6.30. The van der Waals surface area contributed by atoms with E-state index in [1.165, 1.54) is 0 Å². The molecule has 0 bridgehead atoms. The molecular weight excluding hydrogens is 321 g/mol. The Morgan fingerprint density at radius 1 is 1.27 bits per heavy atom. The van der Waals surface area contributed by atoms with Gasteiger partial charge >= 0.3 is 6.18 Å². The molecule has 5 nitrogen and oxygen atoms in total. The van der Waals surface area contributed by atoms with Gasteiger partial charge in [0.25, 0.3) is 0 Å². The summed E-state index contributed by atoms with van der Waals surface area (Å²) in [5.74, 6) is 0.466. The van der Waals surface area contributed by atoms with E-state index in [9.17, 15) is 26.4 Å². The predicted molar refractivity (Wildman–Crippen MR) is 74.5 cm³/mol. The Kier molecular flexibility index (Phi) is 4.77. The fraction of sp³-hybridized carbons (Fsp3) is 0.923. The molecule has 0 N–H and O–H groups in total. The van der Waals surface area contributed by atoms with Crippen LogP contribution in [0.2, 0.25) is 0 Å². The molecule has 1 amide bonds. The molecule has 2 fully saturated rings.